The molecular weight excluding hydrogens is 450 g/mol. The Morgan fingerprint density at radius 2 is 1.58 bits per heavy atom. The standard InChI is InChI=1S/C30H27N3O3/c1-3-35-26-18-23-25(19-27(26)36-4-2)33-30(34)28(23)29(21-10-6-5-7-11-21)32-22-15-13-20(14-16-22)24-12-8-9-17-31-24/h5-19,28H,3-4H2,1-2H3,(H,33,34). The number of hydrogen-bond acceptors (Lipinski definition) is 5. The van der Waals surface area contributed by atoms with Crippen molar-refractivity contribution < 1.29 is 14.3 Å². The highest BCUT2D eigenvalue weighted by Crippen LogP contribution is 2.43. The van der Waals surface area contributed by atoms with Crippen LogP contribution in [0.3, 0.4) is 0 Å². The van der Waals surface area contributed by atoms with E-state index in [1.54, 1.807) is 6.20 Å². The summed E-state index contributed by atoms with van der Waals surface area (Å²) in [6.45, 7) is 4.84. The molecule has 180 valence electrons. The van der Waals surface area contributed by atoms with E-state index < -0.39 is 5.92 Å². The number of hydrogen-bond donors (Lipinski definition) is 1. The molecular formula is C30H27N3O3. The van der Waals surface area contributed by atoms with E-state index >= 15 is 0 Å². The Morgan fingerprint density at radius 1 is 0.889 bits per heavy atom. The summed E-state index contributed by atoms with van der Waals surface area (Å²) >= 11 is 0. The van der Waals surface area contributed by atoms with E-state index in [1.807, 2.05) is 98.8 Å². The number of aromatic nitrogens is 1. The van der Waals surface area contributed by atoms with Gasteiger partial charge in [0.15, 0.2) is 11.5 Å². The molecule has 0 saturated heterocycles. The number of fused-ring (bicyclic) bond motifs is 1. The Hall–Kier alpha value is -4.45. The first-order valence-corrected chi connectivity index (χ1v) is 12.1. The smallest absolute Gasteiger partial charge is 0.238 e. The zero-order valence-electron chi connectivity index (χ0n) is 20.3. The minimum Gasteiger partial charge on any atom is -0.490 e. The molecule has 1 aliphatic rings. The molecule has 1 N–H and O–H groups in total. The van der Waals surface area contributed by atoms with Crippen LogP contribution < -0.4 is 14.8 Å². The monoisotopic (exact) mass is 477 g/mol. The summed E-state index contributed by atoms with van der Waals surface area (Å²) in [6.07, 6.45) is 1.78. The van der Waals surface area contributed by atoms with Gasteiger partial charge in [-0.15, -0.1) is 0 Å². The van der Waals surface area contributed by atoms with E-state index in [0.717, 1.165) is 28.1 Å². The average Bonchev–Trinajstić information content (AvgIpc) is 3.23. The van der Waals surface area contributed by atoms with Gasteiger partial charge in [-0.2, -0.15) is 0 Å². The molecule has 0 fully saturated rings. The number of rotatable bonds is 8. The van der Waals surface area contributed by atoms with Crippen LogP contribution in [0.1, 0.15) is 30.9 Å². The number of carbonyl (C=O) groups excluding carboxylic acids is 1. The summed E-state index contributed by atoms with van der Waals surface area (Å²) in [4.78, 5) is 22.7. The van der Waals surface area contributed by atoms with E-state index in [4.69, 9.17) is 14.5 Å². The van der Waals surface area contributed by atoms with Gasteiger partial charge in [0.25, 0.3) is 0 Å². The molecule has 1 aromatic heterocycles. The first-order valence-electron chi connectivity index (χ1n) is 12.1. The summed E-state index contributed by atoms with van der Waals surface area (Å²) in [7, 11) is 0. The van der Waals surface area contributed by atoms with Crippen LogP contribution in [0.5, 0.6) is 11.5 Å². The normalized spacial score (nSPS) is 14.8. The van der Waals surface area contributed by atoms with E-state index in [0.29, 0.717) is 36.1 Å². The van der Waals surface area contributed by atoms with Gasteiger partial charge in [-0.05, 0) is 55.3 Å². The second-order valence-electron chi connectivity index (χ2n) is 8.30. The molecule has 1 aliphatic heterocycles. The molecule has 2 heterocycles. The maximum absolute atomic E-state index is 13.3. The Balaban J connectivity index is 1.59. The first-order chi connectivity index (χ1) is 17.7. The van der Waals surface area contributed by atoms with Crippen LogP contribution in [0.15, 0.2) is 96.1 Å². The third-order valence-corrected chi connectivity index (χ3v) is 5.97. The van der Waals surface area contributed by atoms with Gasteiger partial charge in [0.2, 0.25) is 5.91 Å². The molecule has 6 heteroatoms. The minimum atomic E-state index is -0.590. The van der Waals surface area contributed by atoms with Crippen molar-refractivity contribution in [1.82, 2.24) is 4.98 Å². The lowest BCUT2D eigenvalue weighted by Gasteiger charge is -2.16. The number of benzene rings is 3. The van der Waals surface area contributed by atoms with E-state index in [9.17, 15) is 4.79 Å². The van der Waals surface area contributed by atoms with Gasteiger partial charge in [0, 0.05) is 23.5 Å². The van der Waals surface area contributed by atoms with Crippen LogP contribution in [0.25, 0.3) is 11.3 Å². The molecule has 1 unspecified atom stereocenters. The summed E-state index contributed by atoms with van der Waals surface area (Å²) in [5.41, 5.74) is 5.74. The summed E-state index contributed by atoms with van der Waals surface area (Å²) in [5, 5.41) is 3.02. The number of nitrogens with one attached hydrogen (secondary N) is 1. The van der Waals surface area contributed by atoms with Crippen molar-refractivity contribution in [2.45, 2.75) is 19.8 Å². The van der Waals surface area contributed by atoms with E-state index in [-0.39, 0.29) is 5.91 Å². The lowest BCUT2D eigenvalue weighted by molar-refractivity contribution is -0.115. The Kier molecular flexibility index (Phi) is 6.76. The largest absolute Gasteiger partial charge is 0.490 e. The maximum Gasteiger partial charge on any atom is 0.238 e. The van der Waals surface area contributed by atoms with Crippen LogP contribution in [-0.4, -0.2) is 29.8 Å². The predicted octanol–water partition coefficient (Wildman–Crippen LogP) is 6.40. The molecule has 0 spiro atoms. The lowest BCUT2D eigenvalue weighted by Crippen LogP contribution is -2.22. The fourth-order valence-corrected chi connectivity index (χ4v) is 4.36. The molecule has 3 aromatic carbocycles. The number of amides is 1. The molecule has 0 bridgehead atoms. The average molecular weight is 478 g/mol. The Bertz CT molecular complexity index is 1380. The van der Waals surface area contributed by atoms with Crippen LogP contribution in [-0.2, 0) is 4.79 Å². The van der Waals surface area contributed by atoms with Crippen molar-refractivity contribution in [3.8, 4) is 22.8 Å². The number of ether oxygens (including phenoxy) is 2. The molecule has 0 aliphatic carbocycles. The van der Waals surface area contributed by atoms with Crippen molar-refractivity contribution >= 4 is 23.0 Å². The topological polar surface area (TPSA) is 72.8 Å². The summed E-state index contributed by atoms with van der Waals surface area (Å²) < 4.78 is 11.6. The molecule has 4 aromatic rings. The third kappa shape index (κ3) is 4.70. The van der Waals surface area contributed by atoms with Gasteiger partial charge in [-0.1, -0.05) is 48.5 Å². The molecule has 0 radical (unpaired) electrons. The van der Waals surface area contributed by atoms with Crippen LogP contribution in [0, 0.1) is 0 Å². The van der Waals surface area contributed by atoms with Crippen LogP contribution >= 0.6 is 0 Å². The maximum atomic E-state index is 13.3. The lowest BCUT2D eigenvalue weighted by atomic mass is 9.90. The van der Waals surface area contributed by atoms with Crippen molar-refractivity contribution in [2.75, 3.05) is 18.5 Å². The number of nitrogens with zero attached hydrogens (tertiary/aromatic N) is 2. The van der Waals surface area contributed by atoms with Crippen molar-refractivity contribution in [2.24, 2.45) is 4.99 Å². The van der Waals surface area contributed by atoms with Gasteiger partial charge in [0.05, 0.1) is 30.3 Å². The highest BCUT2D eigenvalue weighted by molar-refractivity contribution is 6.24. The summed E-state index contributed by atoms with van der Waals surface area (Å²) in [5.74, 6) is 0.510. The number of anilines is 1. The van der Waals surface area contributed by atoms with Crippen molar-refractivity contribution in [3.63, 3.8) is 0 Å². The van der Waals surface area contributed by atoms with Crippen molar-refractivity contribution in [1.29, 1.82) is 0 Å². The minimum absolute atomic E-state index is 0.131. The number of pyridine rings is 1. The van der Waals surface area contributed by atoms with Crippen LogP contribution in [0.2, 0.25) is 0 Å². The Morgan fingerprint density at radius 3 is 2.25 bits per heavy atom. The third-order valence-electron chi connectivity index (χ3n) is 5.97. The zero-order valence-corrected chi connectivity index (χ0v) is 20.3. The van der Waals surface area contributed by atoms with Gasteiger partial charge in [-0.3, -0.25) is 14.8 Å². The number of carbonyl (C=O) groups is 1. The highest BCUT2D eigenvalue weighted by atomic mass is 16.5. The van der Waals surface area contributed by atoms with E-state index in [2.05, 4.69) is 10.3 Å². The number of aliphatic imine (C=N–C) groups is 1. The SMILES string of the molecule is CCOc1cc2c(cc1OCC)C(C(=Nc1ccc(-c3ccccn3)cc1)c1ccccc1)C(=O)N2. The molecule has 1 atom stereocenters. The van der Waals surface area contributed by atoms with Crippen LogP contribution in [0.4, 0.5) is 11.4 Å². The van der Waals surface area contributed by atoms with Gasteiger partial charge >= 0.3 is 0 Å². The fraction of sp³-hybridized carbons (Fsp3) is 0.167. The first kappa shape index (κ1) is 23.3. The Labute approximate surface area is 210 Å². The second kappa shape index (κ2) is 10.4. The fourth-order valence-electron chi connectivity index (χ4n) is 4.36. The molecule has 5 rings (SSSR count). The predicted molar refractivity (Wildman–Crippen MR) is 142 cm³/mol. The molecule has 0 saturated carbocycles. The molecule has 36 heavy (non-hydrogen) atoms. The quantitative estimate of drug-likeness (QED) is 0.298. The van der Waals surface area contributed by atoms with Gasteiger partial charge in [-0.25, -0.2) is 0 Å². The highest BCUT2D eigenvalue weighted by Gasteiger charge is 2.36. The van der Waals surface area contributed by atoms with Crippen molar-refractivity contribution in [3.05, 3.63) is 102 Å². The van der Waals surface area contributed by atoms with Gasteiger partial charge in [0.1, 0.15) is 5.92 Å². The zero-order chi connectivity index (χ0) is 24.9. The second-order valence-corrected chi connectivity index (χ2v) is 8.30. The summed E-state index contributed by atoms with van der Waals surface area (Å²) in [6, 6.07) is 27.3. The molecule has 6 nitrogen and oxygen atoms in total. The molecule has 1 amide bonds. The van der Waals surface area contributed by atoms with E-state index in [1.165, 1.54) is 0 Å². The van der Waals surface area contributed by atoms with Gasteiger partial charge < -0.3 is 14.8 Å².